The molecule has 13 rings (SSSR count). The normalized spacial score (nSPS) is 13.1. The molecular weight excluding hydrogens is 837 g/mol. The molecule has 0 amide bonds. The third-order valence-electron chi connectivity index (χ3n) is 14.8. The predicted octanol–water partition coefficient (Wildman–Crippen LogP) is 17.3. The molecular formula is C65H50N2Si. The molecule has 2 nitrogen and oxygen atoms in total. The van der Waals surface area contributed by atoms with Gasteiger partial charge >= 0.3 is 0 Å². The van der Waals surface area contributed by atoms with Gasteiger partial charge in [-0.3, -0.25) is 0 Å². The third kappa shape index (κ3) is 5.89. The first-order chi connectivity index (χ1) is 33.3. The third-order valence-corrected chi connectivity index (χ3v) is 16.8. The lowest BCUT2D eigenvalue weighted by molar-refractivity contribution is 0.802. The van der Waals surface area contributed by atoms with Crippen molar-refractivity contribution in [1.82, 2.24) is 0 Å². The lowest BCUT2D eigenvalue weighted by atomic mass is 9.69. The Kier molecular flexibility index (Phi) is 9.06. The van der Waals surface area contributed by atoms with Gasteiger partial charge < -0.3 is 9.80 Å². The van der Waals surface area contributed by atoms with Crippen molar-refractivity contribution in [3.05, 3.63) is 258 Å². The van der Waals surface area contributed by atoms with Gasteiger partial charge in [-0.25, -0.2) is 0 Å². The van der Waals surface area contributed by atoms with Crippen LogP contribution in [0.1, 0.15) is 27.8 Å². The summed E-state index contributed by atoms with van der Waals surface area (Å²) in [6, 6.07) is 86.7. The average Bonchev–Trinajstić information content (AvgIpc) is 3.85. The number of aryl methyl sites for hydroxylation is 1. The van der Waals surface area contributed by atoms with E-state index in [0.29, 0.717) is 0 Å². The molecule has 0 atom stereocenters. The van der Waals surface area contributed by atoms with Crippen LogP contribution >= 0.6 is 0 Å². The van der Waals surface area contributed by atoms with Crippen LogP contribution in [0.25, 0.3) is 54.6 Å². The van der Waals surface area contributed by atoms with E-state index in [-0.39, 0.29) is 0 Å². The summed E-state index contributed by atoms with van der Waals surface area (Å²) in [6.07, 6.45) is 0. The number of rotatable bonds is 7. The molecule has 0 aliphatic heterocycles. The van der Waals surface area contributed by atoms with Crippen molar-refractivity contribution in [2.24, 2.45) is 0 Å². The van der Waals surface area contributed by atoms with E-state index >= 15 is 0 Å². The Morgan fingerprint density at radius 2 is 0.853 bits per heavy atom. The molecule has 2 aliphatic carbocycles. The van der Waals surface area contributed by atoms with Crippen molar-refractivity contribution in [2.45, 2.75) is 32.0 Å². The molecule has 1 spiro atoms. The topological polar surface area (TPSA) is 6.48 Å². The predicted molar refractivity (Wildman–Crippen MR) is 292 cm³/mol. The molecule has 0 saturated carbocycles. The largest absolute Gasteiger partial charge is 0.310 e. The number of fused-ring (bicyclic) bond motifs is 17. The van der Waals surface area contributed by atoms with Gasteiger partial charge in [0.15, 0.2) is 0 Å². The van der Waals surface area contributed by atoms with Crippen molar-refractivity contribution < 1.29 is 0 Å². The fourth-order valence-electron chi connectivity index (χ4n) is 11.9. The average molecular weight is 887 g/mol. The van der Waals surface area contributed by atoms with Crippen LogP contribution in [0.2, 0.25) is 19.6 Å². The molecule has 0 bridgehead atoms. The maximum Gasteiger partial charge on any atom is 0.0776 e. The molecule has 0 heterocycles. The molecule has 0 radical (unpaired) electrons. The second-order valence-electron chi connectivity index (χ2n) is 19.7. The van der Waals surface area contributed by atoms with E-state index in [9.17, 15) is 0 Å². The summed E-state index contributed by atoms with van der Waals surface area (Å²) in [6.45, 7) is 9.49. The van der Waals surface area contributed by atoms with Gasteiger partial charge in [-0.2, -0.15) is 0 Å². The van der Waals surface area contributed by atoms with Gasteiger partial charge in [-0.1, -0.05) is 189 Å². The van der Waals surface area contributed by atoms with Crippen molar-refractivity contribution in [3.63, 3.8) is 0 Å². The van der Waals surface area contributed by atoms with E-state index in [4.69, 9.17) is 0 Å². The fraction of sp³-hybridized carbons (Fsp3) is 0.0769. The Morgan fingerprint density at radius 3 is 1.50 bits per heavy atom. The molecule has 2 aliphatic rings. The van der Waals surface area contributed by atoms with E-state index in [1.807, 2.05) is 0 Å². The standard InChI is InChI=1S/C65H50N2Si/c1-43-21-19-26-46(39-43)67(45-24-9-6-10-25-45)61-42-60-62(55-34-14-12-32-53(55)61)63-54-33-13-11-29-50(54)57-41-48(66(44-22-7-5-8-23-44)47-27-20-28-49(40-47)68(2,3)4)37-38-56(57)64(63)65(60)58-35-17-15-30-51(58)52-31-16-18-36-59(52)65/h5-42H,1-4H3. The van der Waals surface area contributed by atoms with E-state index in [2.05, 4.69) is 267 Å². The summed E-state index contributed by atoms with van der Waals surface area (Å²) in [4.78, 5) is 4.94. The first-order valence-electron chi connectivity index (χ1n) is 23.9. The zero-order valence-electron chi connectivity index (χ0n) is 38.8. The van der Waals surface area contributed by atoms with E-state index < -0.39 is 13.5 Å². The van der Waals surface area contributed by atoms with Gasteiger partial charge in [0.05, 0.1) is 19.2 Å². The molecule has 324 valence electrons. The molecule has 0 N–H and O–H groups in total. The van der Waals surface area contributed by atoms with Crippen LogP contribution in [0.3, 0.4) is 0 Å². The summed E-state index contributed by atoms with van der Waals surface area (Å²) >= 11 is 0. The molecule has 0 fully saturated rings. The summed E-state index contributed by atoms with van der Waals surface area (Å²) in [5, 5.41) is 8.98. The van der Waals surface area contributed by atoms with Crippen molar-refractivity contribution in [2.75, 3.05) is 9.80 Å². The van der Waals surface area contributed by atoms with E-state index in [0.717, 1.165) is 22.7 Å². The number of nitrogens with zero attached hydrogens (tertiary/aromatic N) is 2. The zero-order valence-corrected chi connectivity index (χ0v) is 39.8. The minimum absolute atomic E-state index is 0.625. The lowest BCUT2D eigenvalue weighted by Crippen LogP contribution is -2.37. The first-order valence-corrected chi connectivity index (χ1v) is 27.4. The van der Waals surface area contributed by atoms with Gasteiger partial charge in [0.2, 0.25) is 0 Å². The van der Waals surface area contributed by atoms with Crippen LogP contribution in [0.15, 0.2) is 231 Å². The molecule has 0 unspecified atom stereocenters. The van der Waals surface area contributed by atoms with E-state index in [1.54, 1.807) is 0 Å². The molecule has 68 heavy (non-hydrogen) atoms. The zero-order chi connectivity index (χ0) is 45.7. The second kappa shape index (κ2) is 15.3. The summed E-state index contributed by atoms with van der Waals surface area (Å²) in [5.41, 5.74) is 18.1. The summed E-state index contributed by atoms with van der Waals surface area (Å²) < 4.78 is 0. The van der Waals surface area contributed by atoms with E-state index in [1.165, 1.54) is 98.9 Å². The second-order valence-corrected chi connectivity index (χ2v) is 24.8. The highest BCUT2D eigenvalue weighted by Gasteiger charge is 2.54. The first kappa shape index (κ1) is 40.3. The van der Waals surface area contributed by atoms with Crippen molar-refractivity contribution >= 4 is 79.7 Å². The van der Waals surface area contributed by atoms with Gasteiger partial charge in [0.25, 0.3) is 0 Å². The van der Waals surface area contributed by atoms with Crippen molar-refractivity contribution in [3.8, 4) is 22.3 Å². The van der Waals surface area contributed by atoms with Gasteiger partial charge in [-0.05, 0) is 151 Å². The highest BCUT2D eigenvalue weighted by atomic mass is 28.3. The lowest BCUT2D eigenvalue weighted by Gasteiger charge is -2.34. The molecule has 3 heteroatoms. The van der Waals surface area contributed by atoms with Crippen LogP contribution < -0.4 is 15.0 Å². The number of benzene rings is 11. The number of hydrogen-bond donors (Lipinski definition) is 0. The molecule has 0 aromatic heterocycles. The van der Waals surface area contributed by atoms with Crippen LogP contribution in [-0.4, -0.2) is 8.07 Å². The molecule has 11 aromatic rings. The summed E-state index contributed by atoms with van der Waals surface area (Å²) in [7, 11) is -1.61. The highest BCUT2D eigenvalue weighted by molar-refractivity contribution is 6.88. The molecule has 0 saturated heterocycles. The Morgan fingerprint density at radius 1 is 0.338 bits per heavy atom. The molecule has 11 aromatic carbocycles. The number of anilines is 6. The van der Waals surface area contributed by atoms with Crippen LogP contribution in [-0.2, 0) is 5.41 Å². The highest BCUT2D eigenvalue weighted by Crippen LogP contribution is 2.67. The van der Waals surface area contributed by atoms with Crippen LogP contribution in [0, 0.1) is 6.92 Å². The Balaban J connectivity index is 1.18. The van der Waals surface area contributed by atoms with Gasteiger partial charge in [-0.15, -0.1) is 0 Å². The smallest absolute Gasteiger partial charge is 0.0776 e. The van der Waals surface area contributed by atoms with Gasteiger partial charge in [0, 0.05) is 33.8 Å². The van der Waals surface area contributed by atoms with Gasteiger partial charge in [0.1, 0.15) is 0 Å². The SMILES string of the molecule is Cc1cccc(N(c2ccccc2)c2cc3c(c4ccccc24)-c2c(c4ccc(N(c5ccccc5)c5cccc([Si](C)(C)C)c5)cc4c4ccccc24)C32c3ccccc3-c3ccccc32)c1. The minimum Gasteiger partial charge on any atom is -0.310 e. The Hall–Kier alpha value is -7.98. The Bertz CT molecular complexity index is 3760. The Labute approximate surface area is 400 Å². The summed E-state index contributed by atoms with van der Waals surface area (Å²) in [5.74, 6) is 0. The quantitative estimate of drug-likeness (QED) is 0.116. The number of para-hydroxylation sites is 2. The maximum absolute atomic E-state index is 2.57. The van der Waals surface area contributed by atoms with Crippen molar-refractivity contribution in [1.29, 1.82) is 0 Å². The minimum atomic E-state index is -1.61. The van der Waals surface area contributed by atoms with Crippen LogP contribution in [0.4, 0.5) is 34.1 Å². The fourth-order valence-corrected chi connectivity index (χ4v) is 13.1. The van der Waals surface area contributed by atoms with Crippen LogP contribution in [0.5, 0.6) is 0 Å². The monoisotopic (exact) mass is 886 g/mol. The maximum atomic E-state index is 2.57. The number of hydrogen-bond acceptors (Lipinski definition) is 2.